The first-order valence-corrected chi connectivity index (χ1v) is 5.90. The molecule has 1 saturated carbocycles. The summed E-state index contributed by atoms with van der Waals surface area (Å²) in [4.78, 5) is 11.3. The Morgan fingerprint density at radius 1 is 1.27 bits per heavy atom. The summed E-state index contributed by atoms with van der Waals surface area (Å²) in [6, 6.07) is 0. The molecule has 0 unspecified atom stereocenters. The van der Waals surface area contributed by atoms with Crippen LogP contribution in [-0.4, -0.2) is 29.7 Å². The molecule has 0 aliphatic heterocycles. The van der Waals surface area contributed by atoms with Gasteiger partial charge in [0.05, 0.1) is 0 Å². The van der Waals surface area contributed by atoms with Gasteiger partial charge in [-0.25, -0.2) is 0 Å². The molecular formula is C11H22N2O2. The minimum absolute atomic E-state index is 0.614. The lowest BCUT2D eigenvalue weighted by Gasteiger charge is -2.29. The van der Waals surface area contributed by atoms with E-state index >= 15 is 0 Å². The minimum Gasteiger partial charge on any atom is -0.480 e. The first-order valence-electron chi connectivity index (χ1n) is 5.90. The first-order chi connectivity index (χ1) is 7.21. The summed E-state index contributed by atoms with van der Waals surface area (Å²) in [6.45, 7) is 1.32. The molecule has 4 nitrogen and oxygen atoms in total. The number of carboxylic acids is 1. The molecule has 1 rings (SSSR count). The van der Waals surface area contributed by atoms with Crippen molar-refractivity contribution in [1.82, 2.24) is 5.32 Å². The Balaban J connectivity index is 2.55. The molecule has 0 radical (unpaired) electrons. The number of nitrogens with one attached hydrogen (secondary N) is 1. The van der Waals surface area contributed by atoms with Gasteiger partial charge in [0.2, 0.25) is 0 Å². The van der Waals surface area contributed by atoms with E-state index in [4.69, 9.17) is 5.73 Å². The van der Waals surface area contributed by atoms with Crippen LogP contribution in [0.25, 0.3) is 0 Å². The largest absolute Gasteiger partial charge is 0.480 e. The average Bonchev–Trinajstić information content (AvgIpc) is 2.45. The van der Waals surface area contributed by atoms with Gasteiger partial charge in [0, 0.05) is 0 Å². The zero-order valence-electron chi connectivity index (χ0n) is 9.30. The SMILES string of the molecule is NCCCNC1(C(=O)O)CCCCCC1. The molecule has 0 bridgehead atoms. The Morgan fingerprint density at radius 2 is 1.87 bits per heavy atom. The molecule has 0 spiro atoms. The topological polar surface area (TPSA) is 75.3 Å². The van der Waals surface area contributed by atoms with Crippen molar-refractivity contribution in [1.29, 1.82) is 0 Å². The van der Waals surface area contributed by atoms with Crippen molar-refractivity contribution in [3.05, 3.63) is 0 Å². The van der Waals surface area contributed by atoms with Crippen molar-refractivity contribution in [2.24, 2.45) is 5.73 Å². The average molecular weight is 214 g/mol. The third-order valence-corrected chi connectivity index (χ3v) is 3.21. The van der Waals surface area contributed by atoms with Crippen LogP contribution in [0, 0.1) is 0 Å². The number of rotatable bonds is 5. The van der Waals surface area contributed by atoms with Gasteiger partial charge >= 0.3 is 5.97 Å². The Labute approximate surface area is 91.2 Å². The third kappa shape index (κ3) is 3.47. The van der Waals surface area contributed by atoms with E-state index in [1.54, 1.807) is 0 Å². The maximum absolute atomic E-state index is 11.3. The standard InChI is InChI=1S/C11H22N2O2/c12-8-5-9-13-11(10(14)15)6-3-1-2-4-7-11/h13H,1-9,12H2,(H,14,15). The van der Waals surface area contributed by atoms with Crippen molar-refractivity contribution in [2.75, 3.05) is 13.1 Å². The molecular weight excluding hydrogens is 192 g/mol. The predicted octanol–water partition coefficient (Wildman–Crippen LogP) is 1.10. The van der Waals surface area contributed by atoms with E-state index in [1.165, 1.54) is 0 Å². The highest BCUT2D eigenvalue weighted by Crippen LogP contribution is 2.27. The van der Waals surface area contributed by atoms with E-state index in [-0.39, 0.29) is 0 Å². The van der Waals surface area contributed by atoms with E-state index in [1.807, 2.05) is 0 Å². The lowest BCUT2D eigenvalue weighted by Crippen LogP contribution is -2.52. The number of aliphatic carboxylic acids is 1. The summed E-state index contributed by atoms with van der Waals surface area (Å²) in [7, 11) is 0. The fraction of sp³-hybridized carbons (Fsp3) is 0.909. The molecule has 0 aromatic carbocycles. The Bertz CT molecular complexity index is 199. The zero-order chi connectivity index (χ0) is 11.1. The summed E-state index contributed by atoms with van der Waals surface area (Å²) < 4.78 is 0. The molecule has 1 aliphatic carbocycles. The van der Waals surface area contributed by atoms with Gasteiger partial charge in [0.15, 0.2) is 0 Å². The molecule has 15 heavy (non-hydrogen) atoms. The van der Waals surface area contributed by atoms with Gasteiger partial charge in [-0.1, -0.05) is 25.7 Å². The molecule has 0 amide bonds. The monoisotopic (exact) mass is 214 g/mol. The number of carbonyl (C=O) groups is 1. The Hall–Kier alpha value is -0.610. The molecule has 0 atom stereocenters. The van der Waals surface area contributed by atoms with Crippen LogP contribution in [-0.2, 0) is 4.79 Å². The summed E-state index contributed by atoms with van der Waals surface area (Å²) in [5.41, 5.74) is 4.73. The number of nitrogens with two attached hydrogens (primary N) is 1. The molecule has 1 aliphatic rings. The van der Waals surface area contributed by atoms with Gasteiger partial charge in [0.1, 0.15) is 5.54 Å². The Morgan fingerprint density at radius 3 is 2.33 bits per heavy atom. The molecule has 4 heteroatoms. The van der Waals surface area contributed by atoms with E-state index in [0.29, 0.717) is 13.1 Å². The maximum atomic E-state index is 11.3. The van der Waals surface area contributed by atoms with Crippen molar-refractivity contribution in [3.63, 3.8) is 0 Å². The minimum atomic E-state index is -0.693. The first kappa shape index (κ1) is 12.5. The molecule has 0 heterocycles. The second kappa shape index (κ2) is 6.08. The molecule has 0 aromatic rings. The fourth-order valence-corrected chi connectivity index (χ4v) is 2.23. The van der Waals surface area contributed by atoms with Crippen molar-refractivity contribution >= 4 is 5.97 Å². The molecule has 88 valence electrons. The van der Waals surface area contributed by atoms with Crippen molar-refractivity contribution in [2.45, 2.75) is 50.5 Å². The van der Waals surface area contributed by atoms with Crippen LogP contribution in [0.3, 0.4) is 0 Å². The Kier molecular flexibility index (Phi) is 5.05. The van der Waals surface area contributed by atoms with Gasteiger partial charge in [-0.3, -0.25) is 4.79 Å². The van der Waals surface area contributed by atoms with Gasteiger partial charge in [-0.15, -0.1) is 0 Å². The second-order valence-electron chi connectivity index (χ2n) is 4.37. The van der Waals surface area contributed by atoms with Crippen LogP contribution in [0.15, 0.2) is 0 Å². The molecule has 0 aromatic heterocycles. The van der Waals surface area contributed by atoms with E-state index in [0.717, 1.165) is 44.9 Å². The highest BCUT2D eigenvalue weighted by Gasteiger charge is 2.37. The lowest BCUT2D eigenvalue weighted by molar-refractivity contribution is -0.145. The number of hydrogen-bond acceptors (Lipinski definition) is 3. The highest BCUT2D eigenvalue weighted by molar-refractivity contribution is 5.78. The number of hydrogen-bond donors (Lipinski definition) is 3. The lowest BCUT2D eigenvalue weighted by atomic mass is 9.90. The van der Waals surface area contributed by atoms with Crippen LogP contribution in [0.1, 0.15) is 44.9 Å². The summed E-state index contributed by atoms with van der Waals surface area (Å²) >= 11 is 0. The fourth-order valence-electron chi connectivity index (χ4n) is 2.23. The smallest absolute Gasteiger partial charge is 0.323 e. The molecule has 1 fully saturated rings. The summed E-state index contributed by atoms with van der Waals surface area (Å²) in [6.07, 6.45) is 6.71. The molecule has 0 saturated heterocycles. The summed E-state index contributed by atoms with van der Waals surface area (Å²) in [5, 5.41) is 12.5. The van der Waals surface area contributed by atoms with Gasteiger partial charge in [-0.2, -0.15) is 0 Å². The quantitative estimate of drug-likeness (QED) is 0.473. The van der Waals surface area contributed by atoms with Crippen LogP contribution in [0.2, 0.25) is 0 Å². The maximum Gasteiger partial charge on any atom is 0.323 e. The van der Waals surface area contributed by atoms with Crippen LogP contribution in [0.5, 0.6) is 0 Å². The summed E-state index contributed by atoms with van der Waals surface area (Å²) in [5.74, 6) is -0.693. The third-order valence-electron chi connectivity index (χ3n) is 3.21. The van der Waals surface area contributed by atoms with Crippen LogP contribution < -0.4 is 11.1 Å². The van der Waals surface area contributed by atoms with Crippen LogP contribution >= 0.6 is 0 Å². The van der Waals surface area contributed by atoms with E-state index in [2.05, 4.69) is 5.32 Å². The second-order valence-corrected chi connectivity index (χ2v) is 4.37. The van der Waals surface area contributed by atoms with E-state index < -0.39 is 11.5 Å². The molecule has 4 N–H and O–H groups in total. The van der Waals surface area contributed by atoms with E-state index in [9.17, 15) is 9.90 Å². The van der Waals surface area contributed by atoms with Crippen molar-refractivity contribution < 1.29 is 9.90 Å². The number of carboxylic acid groups (broad SMARTS) is 1. The zero-order valence-corrected chi connectivity index (χ0v) is 9.30. The van der Waals surface area contributed by atoms with Crippen LogP contribution in [0.4, 0.5) is 0 Å². The van der Waals surface area contributed by atoms with Gasteiger partial charge in [0.25, 0.3) is 0 Å². The highest BCUT2D eigenvalue weighted by atomic mass is 16.4. The van der Waals surface area contributed by atoms with Crippen molar-refractivity contribution in [3.8, 4) is 0 Å². The normalized spacial score (nSPS) is 20.9. The van der Waals surface area contributed by atoms with Gasteiger partial charge < -0.3 is 16.2 Å². The predicted molar refractivity (Wildman–Crippen MR) is 59.7 cm³/mol. The van der Waals surface area contributed by atoms with Gasteiger partial charge in [-0.05, 0) is 32.4 Å².